The monoisotopic (exact) mass is 375 g/mol. The molecule has 0 aliphatic heterocycles. The van der Waals surface area contributed by atoms with Crippen molar-refractivity contribution in [1.29, 1.82) is 0 Å². The van der Waals surface area contributed by atoms with Gasteiger partial charge < -0.3 is 15.3 Å². The van der Waals surface area contributed by atoms with E-state index in [-0.39, 0.29) is 11.5 Å². The summed E-state index contributed by atoms with van der Waals surface area (Å²) in [6.07, 6.45) is 3.15. The summed E-state index contributed by atoms with van der Waals surface area (Å²) in [6.45, 7) is 0.469. The Morgan fingerprint density at radius 2 is 1.86 bits per heavy atom. The molecule has 0 aliphatic carbocycles. The molecular formula is C19H14FN7O. The maximum Gasteiger partial charge on any atom is 0.323 e. The van der Waals surface area contributed by atoms with Crippen molar-refractivity contribution in [2.75, 3.05) is 5.32 Å². The van der Waals surface area contributed by atoms with E-state index in [2.05, 4.69) is 30.4 Å². The average Bonchev–Trinajstić information content (AvgIpc) is 3.26. The highest BCUT2D eigenvalue weighted by Gasteiger charge is 2.11. The van der Waals surface area contributed by atoms with Crippen LogP contribution in [0.25, 0.3) is 22.1 Å². The second-order valence-electron chi connectivity index (χ2n) is 6.35. The van der Waals surface area contributed by atoms with Gasteiger partial charge in [0.25, 0.3) is 0 Å². The molecule has 3 N–H and O–H groups in total. The van der Waals surface area contributed by atoms with Gasteiger partial charge in [0.2, 0.25) is 0 Å². The summed E-state index contributed by atoms with van der Waals surface area (Å²) in [5.74, 6) is 0.330. The molecule has 3 heterocycles. The highest BCUT2D eigenvalue weighted by molar-refractivity contribution is 5.89. The molecule has 28 heavy (non-hydrogen) atoms. The number of nitrogens with zero attached hydrogens (tertiary/aromatic N) is 4. The fourth-order valence-corrected chi connectivity index (χ4v) is 3.12. The topological polar surface area (TPSA) is 104 Å². The van der Waals surface area contributed by atoms with Crippen LogP contribution in [0, 0.1) is 5.82 Å². The molecular weight excluding hydrogens is 361 g/mol. The molecule has 5 aromatic rings. The van der Waals surface area contributed by atoms with E-state index in [9.17, 15) is 9.18 Å². The minimum absolute atomic E-state index is 0.251. The fraction of sp³-hybridized carbons (Fsp3) is 0.0526. The molecule has 0 amide bonds. The van der Waals surface area contributed by atoms with Gasteiger partial charge in [-0.2, -0.15) is 5.10 Å². The number of imidazole rings is 1. The average molecular weight is 375 g/mol. The summed E-state index contributed by atoms with van der Waals surface area (Å²) in [6, 6.07) is 11.8. The van der Waals surface area contributed by atoms with E-state index in [0.717, 1.165) is 22.2 Å². The maximum absolute atomic E-state index is 13.1. The summed E-state index contributed by atoms with van der Waals surface area (Å²) in [5, 5.41) is 8.40. The van der Waals surface area contributed by atoms with Crippen LogP contribution in [0.4, 0.5) is 15.9 Å². The molecule has 3 aromatic heterocycles. The Bertz CT molecular complexity index is 1350. The number of benzene rings is 2. The summed E-state index contributed by atoms with van der Waals surface area (Å²) in [5.41, 5.74) is 3.54. The smallest absolute Gasteiger partial charge is 0.323 e. The molecule has 8 nitrogen and oxygen atoms in total. The van der Waals surface area contributed by atoms with Crippen molar-refractivity contribution >= 4 is 33.6 Å². The minimum atomic E-state index is -0.274. The van der Waals surface area contributed by atoms with Crippen LogP contribution in [0.1, 0.15) is 5.56 Å². The lowest BCUT2D eigenvalue weighted by Gasteiger charge is -2.07. The first-order valence-corrected chi connectivity index (χ1v) is 8.56. The Morgan fingerprint density at radius 3 is 2.71 bits per heavy atom. The van der Waals surface area contributed by atoms with E-state index >= 15 is 0 Å². The second-order valence-corrected chi connectivity index (χ2v) is 6.35. The predicted octanol–water partition coefficient (Wildman–Crippen LogP) is 2.93. The normalized spacial score (nSPS) is 11.3. The van der Waals surface area contributed by atoms with Crippen molar-refractivity contribution in [2.24, 2.45) is 0 Å². The van der Waals surface area contributed by atoms with Crippen LogP contribution in [-0.4, -0.2) is 29.7 Å². The van der Waals surface area contributed by atoms with Gasteiger partial charge in [-0.15, -0.1) is 0 Å². The van der Waals surface area contributed by atoms with Gasteiger partial charge in [0.15, 0.2) is 5.65 Å². The molecule has 0 bridgehead atoms. The van der Waals surface area contributed by atoms with Crippen molar-refractivity contribution in [3.05, 3.63) is 76.9 Å². The molecule has 0 fully saturated rings. The largest absolute Gasteiger partial charge is 0.339 e. The van der Waals surface area contributed by atoms with E-state index < -0.39 is 0 Å². The van der Waals surface area contributed by atoms with Crippen molar-refractivity contribution in [3.63, 3.8) is 0 Å². The third kappa shape index (κ3) is 2.88. The number of aromatic amines is 2. The van der Waals surface area contributed by atoms with Crippen molar-refractivity contribution in [3.8, 4) is 0 Å². The second kappa shape index (κ2) is 6.31. The van der Waals surface area contributed by atoms with Gasteiger partial charge in [-0.05, 0) is 35.9 Å². The van der Waals surface area contributed by atoms with Crippen molar-refractivity contribution < 1.29 is 4.39 Å². The molecule has 0 radical (unpaired) electrons. The molecule has 0 spiro atoms. The van der Waals surface area contributed by atoms with Crippen LogP contribution in [0.15, 0.2) is 59.8 Å². The summed E-state index contributed by atoms with van der Waals surface area (Å²) < 4.78 is 14.8. The number of aromatic nitrogens is 6. The molecule has 0 atom stereocenters. The molecule has 2 aromatic carbocycles. The molecule has 0 unspecified atom stereocenters. The Hall–Kier alpha value is -4.01. The first-order valence-electron chi connectivity index (χ1n) is 8.56. The maximum atomic E-state index is 13.1. The van der Waals surface area contributed by atoms with E-state index in [0.29, 0.717) is 23.5 Å². The standard InChI is InChI=1S/C19H14FN7O/c20-12-3-1-11(2-4-12)9-27-18-14(8-23-27)17(21-10-22-18)24-13-5-6-15-16(7-13)26-19(28)25-15/h1-8,10H,9H2,(H,21,22,24)(H2,25,26,28). The van der Waals surface area contributed by atoms with Crippen LogP contribution in [0.5, 0.6) is 0 Å². The summed E-state index contributed by atoms with van der Waals surface area (Å²) in [7, 11) is 0. The molecule has 5 rings (SSSR count). The van der Waals surface area contributed by atoms with E-state index in [1.807, 2.05) is 18.2 Å². The predicted molar refractivity (Wildman–Crippen MR) is 103 cm³/mol. The van der Waals surface area contributed by atoms with Crippen LogP contribution in [-0.2, 0) is 6.54 Å². The number of hydrogen-bond acceptors (Lipinski definition) is 5. The third-order valence-electron chi connectivity index (χ3n) is 4.46. The minimum Gasteiger partial charge on any atom is -0.339 e. The number of fused-ring (bicyclic) bond motifs is 2. The Kier molecular flexibility index (Phi) is 3.64. The number of rotatable bonds is 4. The van der Waals surface area contributed by atoms with E-state index in [4.69, 9.17) is 0 Å². The molecule has 0 saturated carbocycles. The van der Waals surface area contributed by atoms with Gasteiger partial charge in [0, 0.05) is 5.69 Å². The van der Waals surface area contributed by atoms with Gasteiger partial charge in [-0.1, -0.05) is 12.1 Å². The lowest BCUT2D eigenvalue weighted by atomic mass is 10.2. The number of hydrogen-bond donors (Lipinski definition) is 3. The zero-order valence-electron chi connectivity index (χ0n) is 14.5. The number of nitrogens with one attached hydrogen (secondary N) is 3. The molecule has 0 aliphatic rings. The Balaban J connectivity index is 1.48. The highest BCUT2D eigenvalue weighted by atomic mass is 19.1. The van der Waals surface area contributed by atoms with Crippen LogP contribution < -0.4 is 11.0 Å². The van der Waals surface area contributed by atoms with Gasteiger partial charge in [0.05, 0.1) is 29.2 Å². The third-order valence-corrected chi connectivity index (χ3v) is 4.46. The first kappa shape index (κ1) is 16.2. The zero-order valence-corrected chi connectivity index (χ0v) is 14.5. The van der Waals surface area contributed by atoms with Gasteiger partial charge in [0.1, 0.15) is 18.0 Å². The SMILES string of the molecule is O=c1[nH]c2ccc(Nc3ncnc4c3cnn4Cc3ccc(F)cc3)cc2[nH]1. The Labute approximate surface area is 157 Å². The molecule has 138 valence electrons. The molecule has 9 heteroatoms. The quantitative estimate of drug-likeness (QED) is 0.448. The fourth-order valence-electron chi connectivity index (χ4n) is 3.12. The summed E-state index contributed by atoms with van der Waals surface area (Å²) >= 11 is 0. The lowest BCUT2D eigenvalue weighted by molar-refractivity contribution is 0.625. The number of H-pyrrole nitrogens is 2. The first-order chi connectivity index (χ1) is 13.7. The summed E-state index contributed by atoms with van der Waals surface area (Å²) in [4.78, 5) is 25.5. The van der Waals surface area contributed by atoms with E-state index in [1.165, 1.54) is 18.5 Å². The van der Waals surface area contributed by atoms with Crippen molar-refractivity contribution in [2.45, 2.75) is 6.54 Å². The Morgan fingerprint density at radius 1 is 1.04 bits per heavy atom. The van der Waals surface area contributed by atoms with Crippen LogP contribution >= 0.6 is 0 Å². The van der Waals surface area contributed by atoms with Gasteiger partial charge in [-0.25, -0.2) is 23.8 Å². The van der Waals surface area contributed by atoms with Crippen molar-refractivity contribution in [1.82, 2.24) is 29.7 Å². The molecule has 0 saturated heterocycles. The van der Waals surface area contributed by atoms with E-state index in [1.54, 1.807) is 23.0 Å². The number of halogens is 1. The number of anilines is 2. The van der Waals surface area contributed by atoms with Gasteiger partial charge in [-0.3, -0.25) is 0 Å². The van der Waals surface area contributed by atoms with Gasteiger partial charge >= 0.3 is 5.69 Å². The van der Waals surface area contributed by atoms with Crippen LogP contribution in [0.2, 0.25) is 0 Å². The zero-order chi connectivity index (χ0) is 19.1. The highest BCUT2D eigenvalue weighted by Crippen LogP contribution is 2.24. The lowest BCUT2D eigenvalue weighted by Crippen LogP contribution is -2.03. The van der Waals surface area contributed by atoms with Crippen LogP contribution in [0.3, 0.4) is 0 Å².